The highest BCUT2D eigenvalue weighted by Crippen LogP contribution is 2.23. The SMILES string of the molecule is Cc1nc(NC(=O)C2=CC=CCC2)sc1C(=O)NCCO. The van der Waals surface area contributed by atoms with Gasteiger partial charge in [0.25, 0.3) is 11.8 Å². The highest BCUT2D eigenvalue weighted by atomic mass is 32.1. The number of hydrogen-bond acceptors (Lipinski definition) is 5. The summed E-state index contributed by atoms with van der Waals surface area (Å²) in [6.07, 6.45) is 7.21. The van der Waals surface area contributed by atoms with E-state index in [9.17, 15) is 9.59 Å². The summed E-state index contributed by atoms with van der Waals surface area (Å²) in [4.78, 5) is 28.5. The fourth-order valence-electron chi connectivity index (χ4n) is 1.88. The standard InChI is InChI=1S/C14H17N3O3S/c1-9-11(13(20)15-7-8-18)21-14(16-9)17-12(19)10-5-3-2-4-6-10/h2-3,5,18H,4,6-8H2,1H3,(H,15,20)(H,16,17,19). The monoisotopic (exact) mass is 307 g/mol. The topological polar surface area (TPSA) is 91.3 Å². The Morgan fingerprint density at radius 3 is 2.90 bits per heavy atom. The van der Waals surface area contributed by atoms with Crippen molar-refractivity contribution in [2.24, 2.45) is 0 Å². The lowest BCUT2D eigenvalue weighted by Crippen LogP contribution is -2.26. The quantitative estimate of drug-likeness (QED) is 0.766. The Morgan fingerprint density at radius 2 is 2.24 bits per heavy atom. The van der Waals surface area contributed by atoms with Crippen molar-refractivity contribution < 1.29 is 14.7 Å². The van der Waals surface area contributed by atoms with Crippen molar-refractivity contribution in [3.05, 3.63) is 34.4 Å². The molecule has 6 nitrogen and oxygen atoms in total. The van der Waals surface area contributed by atoms with Gasteiger partial charge in [-0.2, -0.15) is 0 Å². The van der Waals surface area contributed by atoms with Gasteiger partial charge < -0.3 is 10.4 Å². The highest BCUT2D eigenvalue weighted by Gasteiger charge is 2.17. The van der Waals surface area contributed by atoms with Crippen LogP contribution in [0.4, 0.5) is 5.13 Å². The lowest BCUT2D eigenvalue weighted by molar-refractivity contribution is -0.113. The van der Waals surface area contributed by atoms with E-state index in [-0.39, 0.29) is 25.0 Å². The van der Waals surface area contributed by atoms with Gasteiger partial charge in [0.15, 0.2) is 5.13 Å². The number of allylic oxidation sites excluding steroid dienone is 3. The molecule has 0 bridgehead atoms. The van der Waals surface area contributed by atoms with Gasteiger partial charge in [-0.25, -0.2) is 4.98 Å². The first kappa shape index (κ1) is 15.4. The highest BCUT2D eigenvalue weighted by molar-refractivity contribution is 7.17. The van der Waals surface area contributed by atoms with Crippen LogP contribution in [-0.4, -0.2) is 35.1 Å². The number of aliphatic hydroxyl groups excluding tert-OH is 1. The summed E-state index contributed by atoms with van der Waals surface area (Å²) in [7, 11) is 0. The Labute approximate surface area is 126 Å². The van der Waals surface area contributed by atoms with E-state index in [2.05, 4.69) is 15.6 Å². The van der Waals surface area contributed by atoms with E-state index in [0.29, 0.717) is 27.7 Å². The maximum absolute atomic E-state index is 12.0. The average Bonchev–Trinajstić information content (AvgIpc) is 2.86. The molecule has 0 unspecified atom stereocenters. The van der Waals surface area contributed by atoms with Gasteiger partial charge in [-0.1, -0.05) is 29.6 Å². The zero-order valence-electron chi connectivity index (χ0n) is 11.7. The smallest absolute Gasteiger partial charge is 0.263 e. The van der Waals surface area contributed by atoms with E-state index in [0.717, 1.165) is 17.8 Å². The number of aryl methyl sites for hydroxylation is 1. The molecule has 3 N–H and O–H groups in total. The maximum atomic E-state index is 12.0. The van der Waals surface area contributed by atoms with Crippen molar-refractivity contribution in [3.63, 3.8) is 0 Å². The normalized spacial score (nSPS) is 13.7. The molecule has 1 aromatic heterocycles. The molecule has 0 fully saturated rings. The number of aromatic nitrogens is 1. The minimum atomic E-state index is -0.292. The number of thiazole rings is 1. The maximum Gasteiger partial charge on any atom is 0.263 e. The molecule has 0 aromatic carbocycles. The Hall–Kier alpha value is -1.99. The van der Waals surface area contributed by atoms with Crippen molar-refractivity contribution >= 4 is 28.3 Å². The van der Waals surface area contributed by atoms with Crippen LogP contribution in [0.25, 0.3) is 0 Å². The molecule has 21 heavy (non-hydrogen) atoms. The third-order valence-corrected chi connectivity index (χ3v) is 4.00. The number of hydrogen-bond donors (Lipinski definition) is 3. The van der Waals surface area contributed by atoms with Gasteiger partial charge in [0.1, 0.15) is 4.88 Å². The van der Waals surface area contributed by atoms with Crippen LogP contribution < -0.4 is 10.6 Å². The fraction of sp³-hybridized carbons (Fsp3) is 0.357. The van der Waals surface area contributed by atoms with Crippen LogP contribution in [0.3, 0.4) is 0 Å². The van der Waals surface area contributed by atoms with Gasteiger partial charge in [0.2, 0.25) is 0 Å². The van der Waals surface area contributed by atoms with Crippen molar-refractivity contribution in [2.45, 2.75) is 19.8 Å². The molecular weight excluding hydrogens is 290 g/mol. The Kier molecular flexibility index (Phi) is 5.24. The summed E-state index contributed by atoms with van der Waals surface area (Å²) in [6, 6.07) is 0. The van der Waals surface area contributed by atoms with Crippen molar-refractivity contribution in [1.82, 2.24) is 10.3 Å². The third kappa shape index (κ3) is 3.99. The number of anilines is 1. The number of aliphatic hydroxyl groups is 1. The number of carbonyl (C=O) groups is 2. The Bertz CT molecular complexity index is 605. The zero-order chi connectivity index (χ0) is 15.2. The number of carbonyl (C=O) groups excluding carboxylic acids is 2. The minimum Gasteiger partial charge on any atom is -0.395 e. The van der Waals surface area contributed by atoms with Gasteiger partial charge >= 0.3 is 0 Å². The first-order valence-electron chi connectivity index (χ1n) is 6.65. The van der Waals surface area contributed by atoms with Crippen LogP contribution in [0.2, 0.25) is 0 Å². The molecule has 112 valence electrons. The fourth-order valence-corrected chi connectivity index (χ4v) is 2.76. The molecule has 0 saturated heterocycles. The van der Waals surface area contributed by atoms with E-state index in [1.165, 1.54) is 0 Å². The van der Waals surface area contributed by atoms with Gasteiger partial charge in [-0.15, -0.1) is 0 Å². The number of nitrogens with one attached hydrogen (secondary N) is 2. The molecule has 0 spiro atoms. The van der Waals surface area contributed by atoms with E-state index in [4.69, 9.17) is 5.11 Å². The second-order valence-corrected chi connectivity index (χ2v) is 5.52. The second kappa shape index (κ2) is 7.14. The summed E-state index contributed by atoms with van der Waals surface area (Å²) in [6.45, 7) is 1.79. The number of nitrogens with zero attached hydrogens (tertiary/aromatic N) is 1. The van der Waals surface area contributed by atoms with Crippen LogP contribution in [0.5, 0.6) is 0 Å². The molecule has 0 atom stereocenters. The van der Waals surface area contributed by atoms with Gasteiger partial charge in [-0.05, 0) is 19.8 Å². The van der Waals surface area contributed by atoms with Crippen LogP contribution in [0.15, 0.2) is 23.8 Å². The van der Waals surface area contributed by atoms with E-state index in [1.807, 2.05) is 12.2 Å². The van der Waals surface area contributed by atoms with Crippen LogP contribution in [0, 0.1) is 6.92 Å². The van der Waals surface area contributed by atoms with E-state index in [1.54, 1.807) is 13.0 Å². The molecule has 2 rings (SSSR count). The first-order chi connectivity index (χ1) is 10.1. The second-order valence-electron chi connectivity index (χ2n) is 4.53. The minimum absolute atomic E-state index is 0.116. The Balaban J connectivity index is 2.04. The summed E-state index contributed by atoms with van der Waals surface area (Å²) in [5.41, 5.74) is 1.26. The summed E-state index contributed by atoms with van der Waals surface area (Å²) >= 11 is 1.13. The lowest BCUT2D eigenvalue weighted by atomic mass is 10.0. The first-order valence-corrected chi connectivity index (χ1v) is 7.47. The van der Waals surface area contributed by atoms with Crippen molar-refractivity contribution in [1.29, 1.82) is 0 Å². The largest absolute Gasteiger partial charge is 0.395 e. The van der Waals surface area contributed by atoms with Gasteiger partial charge in [0.05, 0.1) is 12.3 Å². The molecule has 0 aliphatic heterocycles. The third-order valence-electron chi connectivity index (χ3n) is 2.93. The lowest BCUT2D eigenvalue weighted by Gasteiger charge is -2.07. The molecule has 2 amide bonds. The van der Waals surface area contributed by atoms with Crippen LogP contribution in [-0.2, 0) is 4.79 Å². The molecular formula is C14H17N3O3S. The molecule has 1 heterocycles. The van der Waals surface area contributed by atoms with Crippen LogP contribution >= 0.6 is 11.3 Å². The van der Waals surface area contributed by atoms with Crippen molar-refractivity contribution in [2.75, 3.05) is 18.5 Å². The molecule has 0 saturated carbocycles. The molecule has 0 radical (unpaired) electrons. The van der Waals surface area contributed by atoms with Gasteiger partial charge in [0, 0.05) is 12.1 Å². The Morgan fingerprint density at radius 1 is 1.43 bits per heavy atom. The van der Waals surface area contributed by atoms with E-state index >= 15 is 0 Å². The average molecular weight is 307 g/mol. The zero-order valence-corrected chi connectivity index (χ0v) is 12.5. The summed E-state index contributed by atoms with van der Waals surface area (Å²) < 4.78 is 0. The molecule has 7 heteroatoms. The summed E-state index contributed by atoms with van der Waals surface area (Å²) in [5.74, 6) is -0.477. The van der Waals surface area contributed by atoms with Crippen LogP contribution in [0.1, 0.15) is 28.2 Å². The summed E-state index contributed by atoms with van der Waals surface area (Å²) in [5, 5.41) is 14.4. The molecule has 1 aliphatic rings. The molecule has 1 aliphatic carbocycles. The van der Waals surface area contributed by atoms with Crippen molar-refractivity contribution in [3.8, 4) is 0 Å². The number of amides is 2. The predicted octanol–water partition coefficient (Wildman–Crippen LogP) is 1.39. The number of rotatable bonds is 5. The van der Waals surface area contributed by atoms with E-state index < -0.39 is 0 Å². The van der Waals surface area contributed by atoms with Gasteiger partial charge in [-0.3, -0.25) is 14.9 Å². The molecule has 1 aromatic rings. The predicted molar refractivity (Wildman–Crippen MR) is 81.4 cm³/mol.